The van der Waals surface area contributed by atoms with Gasteiger partial charge in [-0.25, -0.2) is 0 Å². The fourth-order valence-corrected chi connectivity index (χ4v) is 0.965. The Labute approximate surface area is 83.5 Å². The summed E-state index contributed by atoms with van der Waals surface area (Å²) in [7, 11) is 1.68. The monoisotopic (exact) mass is 200 g/mol. The minimum absolute atomic E-state index is 0.0354. The standard InChI is InChI=1S/C9H16N2O3/c1-11(5-3-2-4-6-12)9(14)7-10-8-13/h6,8H,2-5,7H2,1H3,(H,10,13). The van der Waals surface area contributed by atoms with Crippen molar-refractivity contribution in [3.8, 4) is 0 Å². The number of carbonyl (C=O) groups excluding carboxylic acids is 3. The van der Waals surface area contributed by atoms with Gasteiger partial charge in [0.2, 0.25) is 12.3 Å². The highest BCUT2D eigenvalue weighted by Crippen LogP contribution is 1.95. The first kappa shape index (κ1) is 12.6. The molecule has 0 atom stereocenters. The van der Waals surface area contributed by atoms with Crippen molar-refractivity contribution in [3.63, 3.8) is 0 Å². The lowest BCUT2D eigenvalue weighted by atomic mass is 10.2. The molecule has 80 valence electrons. The summed E-state index contributed by atoms with van der Waals surface area (Å²) >= 11 is 0. The zero-order valence-corrected chi connectivity index (χ0v) is 8.36. The third-order valence-electron chi connectivity index (χ3n) is 1.83. The summed E-state index contributed by atoms with van der Waals surface area (Å²) in [5.41, 5.74) is 0. The molecule has 0 saturated heterocycles. The van der Waals surface area contributed by atoms with Crippen LogP contribution in [0.4, 0.5) is 0 Å². The van der Waals surface area contributed by atoms with E-state index in [1.165, 1.54) is 0 Å². The lowest BCUT2D eigenvalue weighted by molar-refractivity contribution is -0.130. The van der Waals surface area contributed by atoms with E-state index in [-0.39, 0.29) is 12.5 Å². The van der Waals surface area contributed by atoms with Crippen LogP contribution >= 0.6 is 0 Å². The van der Waals surface area contributed by atoms with Gasteiger partial charge in [0.15, 0.2) is 0 Å². The maximum absolute atomic E-state index is 11.2. The third kappa shape index (κ3) is 6.16. The van der Waals surface area contributed by atoms with Gasteiger partial charge in [-0.1, -0.05) is 0 Å². The molecule has 14 heavy (non-hydrogen) atoms. The number of hydrogen-bond acceptors (Lipinski definition) is 3. The van der Waals surface area contributed by atoms with Gasteiger partial charge in [-0.05, 0) is 12.8 Å². The van der Waals surface area contributed by atoms with E-state index in [1.54, 1.807) is 11.9 Å². The van der Waals surface area contributed by atoms with Crippen molar-refractivity contribution < 1.29 is 14.4 Å². The highest BCUT2D eigenvalue weighted by molar-refractivity contribution is 5.79. The zero-order chi connectivity index (χ0) is 10.8. The molecule has 0 spiro atoms. The van der Waals surface area contributed by atoms with Crippen LogP contribution in [0.2, 0.25) is 0 Å². The van der Waals surface area contributed by atoms with Crippen LogP contribution in [0.25, 0.3) is 0 Å². The number of unbranched alkanes of at least 4 members (excludes halogenated alkanes) is 2. The van der Waals surface area contributed by atoms with E-state index >= 15 is 0 Å². The van der Waals surface area contributed by atoms with E-state index < -0.39 is 0 Å². The summed E-state index contributed by atoms with van der Waals surface area (Å²) in [6.07, 6.45) is 3.51. The smallest absolute Gasteiger partial charge is 0.241 e. The van der Waals surface area contributed by atoms with Crippen molar-refractivity contribution in [1.82, 2.24) is 10.2 Å². The van der Waals surface area contributed by atoms with Crippen molar-refractivity contribution >= 4 is 18.6 Å². The number of likely N-dealkylation sites (N-methyl/N-ethyl adjacent to an activating group) is 1. The van der Waals surface area contributed by atoms with E-state index in [0.717, 1.165) is 19.1 Å². The predicted molar refractivity (Wildman–Crippen MR) is 51.6 cm³/mol. The molecule has 0 aromatic carbocycles. The fraction of sp³-hybridized carbons (Fsp3) is 0.667. The van der Waals surface area contributed by atoms with Crippen LogP contribution in [0.15, 0.2) is 0 Å². The van der Waals surface area contributed by atoms with Gasteiger partial charge < -0.3 is 15.0 Å². The van der Waals surface area contributed by atoms with Crippen molar-refractivity contribution in [1.29, 1.82) is 0 Å². The van der Waals surface area contributed by atoms with Gasteiger partial charge in [0.25, 0.3) is 0 Å². The van der Waals surface area contributed by atoms with E-state index in [4.69, 9.17) is 0 Å². The highest BCUT2D eigenvalue weighted by atomic mass is 16.2. The Hall–Kier alpha value is -1.39. The normalized spacial score (nSPS) is 9.21. The number of rotatable bonds is 8. The van der Waals surface area contributed by atoms with Crippen molar-refractivity contribution in [2.24, 2.45) is 0 Å². The second-order valence-electron chi connectivity index (χ2n) is 2.98. The molecule has 0 heterocycles. The molecule has 0 aliphatic rings. The summed E-state index contributed by atoms with van der Waals surface area (Å²) in [6.45, 7) is 0.654. The maximum Gasteiger partial charge on any atom is 0.241 e. The van der Waals surface area contributed by atoms with E-state index in [9.17, 15) is 14.4 Å². The Kier molecular flexibility index (Phi) is 7.40. The summed E-state index contributed by atoms with van der Waals surface area (Å²) in [4.78, 5) is 32.6. The van der Waals surface area contributed by atoms with E-state index in [1.807, 2.05) is 0 Å². The van der Waals surface area contributed by atoms with Gasteiger partial charge in [0.1, 0.15) is 6.29 Å². The average molecular weight is 200 g/mol. The quantitative estimate of drug-likeness (QED) is 0.426. The predicted octanol–water partition coefficient (Wildman–Crippen LogP) is -0.440. The average Bonchev–Trinajstić information content (AvgIpc) is 2.20. The molecule has 2 amide bonds. The molecule has 5 nitrogen and oxygen atoms in total. The van der Waals surface area contributed by atoms with Crippen LogP contribution in [0.1, 0.15) is 19.3 Å². The molecular weight excluding hydrogens is 184 g/mol. The van der Waals surface area contributed by atoms with Gasteiger partial charge in [0, 0.05) is 20.0 Å². The van der Waals surface area contributed by atoms with Crippen LogP contribution in [-0.4, -0.2) is 43.6 Å². The minimum atomic E-state index is -0.122. The van der Waals surface area contributed by atoms with Crippen LogP contribution in [0, 0.1) is 0 Å². The summed E-state index contributed by atoms with van der Waals surface area (Å²) in [5, 5.41) is 2.30. The number of nitrogens with one attached hydrogen (secondary N) is 1. The molecule has 0 aliphatic heterocycles. The van der Waals surface area contributed by atoms with Crippen molar-refractivity contribution in [3.05, 3.63) is 0 Å². The first-order valence-electron chi connectivity index (χ1n) is 4.57. The minimum Gasteiger partial charge on any atom is -0.350 e. The number of hydrogen-bond donors (Lipinski definition) is 1. The number of nitrogens with zero attached hydrogens (tertiary/aromatic N) is 1. The topological polar surface area (TPSA) is 66.5 Å². The van der Waals surface area contributed by atoms with Crippen LogP contribution in [0.3, 0.4) is 0 Å². The first-order chi connectivity index (χ1) is 6.72. The lowest BCUT2D eigenvalue weighted by Crippen LogP contribution is -2.35. The maximum atomic E-state index is 11.2. The molecule has 1 N–H and O–H groups in total. The third-order valence-corrected chi connectivity index (χ3v) is 1.83. The molecule has 5 heteroatoms. The van der Waals surface area contributed by atoms with Gasteiger partial charge >= 0.3 is 0 Å². The number of carbonyl (C=O) groups is 3. The van der Waals surface area contributed by atoms with Gasteiger partial charge in [-0.3, -0.25) is 9.59 Å². The fourth-order valence-electron chi connectivity index (χ4n) is 0.965. The van der Waals surface area contributed by atoms with Gasteiger partial charge in [-0.2, -0.15) is 0 Å². The van der Waals surface area contributed by atoms with Gasteiger partial charge in [-0.15, -0.1) is 0 Å². The summed E-state index contributed by atoms with van der Waals surface area (Å²) < 4.78 is 0. The number of aldehydes is 1. The summed E-state index contributed by atoms with van der Waals surface area (Å²) in [5.74, 6) is -0.122. The van der Waals surface area contributed by atoms with E-state index in [2.05, 4.69) is 5.32 Å². The summed E-state index contributed by atoms with van der Waals surface area (Å²) in [6, 6.07) is 0. The number of amides is 2. The second-order valence-corrected chi connectivity index (χ2v) is 2.98. The highest BCUT2D eigenvalue weighted by Gasteiger charge is 2.06. The molecule has 0 bridgehead atoms. The SMILES string of the molecule is CN(CCCCC=O)C(=O)CNC=O. The Balaban J connectivity index is 3.50. The van der Waals surface area contributed by atoms with Crippen LogP contribution in [0.5, 0.6) is 0 Å². The molecule has 0 rings (SSSR count). The van der Waals surface area contributed by atoms with Crippen LogP contribution in [-0.2, 0) is 14.4 Å². The Bertz CT molecular complexity index is 194. The van der Waals surface area contributed by atoms with E-state index in [0.29, 0.717) is 19.4 Å². The Morgan fingerprint density at radius 3 is 2.64 bits per heavy atom. The molecule has 0 unspecified atom stereocenters. The lowest BCUT2D eigenvalue weighted by Gasteiger charge is -2.16. The molecule has 0 aromatic rings. The molecule has 0 radical (unpaired) electrons. The molecule has 0 saturated carbocycles. The first-order valence-corrected chi connectivity index (χ1v) is 4.57. The second kappa shape index (κ2) is 8.22. The molecular formula is C9H16N2O3. The molecule has 0 aliphatic carbocycles. The van der Waals surface area contributed by atoms with Gasteiger partial charge in [0.05, 0.1) is 6.54 Å². The Morgan fingerprint density at radius 2 is 2.07 bits per heavy atom. The Morgan fingerprint density at radius 1 is 1.36 bits per heavy atom. The molecule has 0 fully saturated rings. The zero-order valence-electron chi connectivity index (χ0n) is 8.36. The largest absolute Gasteiger partial charge is 0.350 e. The molecule has 0 aromatic heterocycles. The van der Waals surface area contributed by atoms with Crippen LogP contribution < -0.4 is 5.32 Å². The van der Waals surface area contributed by atoms with Crippen molar-refractivity contribution in [2.45, 2.75) is 19.3 Å². The van der Waals surface area contributed by atoms with Crippen molar-refractivity contribution in [2.75, 3.05) is 20.1 Å².